The molecule has 1 atom stereocenters. The third-order valence-corrected chi connectivity index (χ3v) is 3.91. The van der Waals surface area contributed by atoms with E-state index in [0.29, 0.717) is 5.69 Å². The largest absolute Gasteiger partial charge is 0.430 e. The van der Waals surface area contributed by atoms with Gasteiger partial charge in [-0.2, -0.15) is 13.2 Å². The van der Waals surface area contributed by atoms with Gasteiger partial charge in [0.2, 0.25) is 0 Å². The Hall–Kier alpha value is -2.34. The van der Waals surface area contributed by atoms with Crippen LogP contribution < -0.4 is 4.90 Å². The van der Waals surface area contributed by atoms with Crippen molar-refractivity contribution in [2.24, 2.45) is 0 Å². The molecule has 2 rings (SSSR count). The van der Waals surface area contributed by atoms with Crippen LogP contribution in [0, 0.1) is 6.92 Å². The van der Waals surface area contributed by atoms with Crippen LogP contribution in [0.1, 0.15) is 11.1 Å². The first-order valence-electron chi connectivity index (χ1n) is 7.26. The van der Waals surface area contributed by atoms with Crippen molar-refractivity contribution in [3.05, 3.63) is 65.7 Å². The summed E-state index contributed by atoms with van der Waals surface area (Å²) < 4.78 is 46.4. The van der Waals surface area contributed by atoms with Crippen molar-refractivity contribution in [1.82, 2.24) is 0 Å². The topological polar surface area (TPSA) is 29.5 Å². The lowest BCUT2D eigenvalue weighted by Crippen LogP contribution is -2.56. The number of alkyl halides is 3. The lowest BCUT2D eigenvalue weighted by molar-refractivity contribution is -0.264. The van der Waals surface area contributed by atoms with Crippen LogP contribution in [0.15, 0.2) is 54.6 Å². The van der Waals surface area contributed by atoms with Crippen molar-refractivity contribution in [2.45, 2.75) is 18.7 Å². The van der Waals surface area contributed by atoms with Crippen LogP contribution in [0.25, 0.3) is 0 Å². The normalized spacial score (nSPS) is 14.1. The Bertz CT molecular complexity index is 698. The number of carbonyl (C=O) groups is 1. The summed E-state index contributed by atoms with van der Waals surface area (Å²) in [6, 6.07) is 13.6. The molecule has 0 saturated heterocycles. The van der Waals surface area contributed by atoms with E-state index in [9.17, 15) is 18.0 Å². The molecule has 0 aliphatic rings. The highest BCUT2D eigenvalue weighted by atomic mass is 19.4. The van der Waals surface area contributed by atoms with Gasteiger partial charge in [-0.25, -0.2) is 0 Å². The second-order valence-electron chi connectivity index (χ2n) is 5.45. The molecule has 2 aromatic rings. The third kappa shape index (κ3) is 3.01. The molecule has 24 heavy (non-hydrogen) atoms. The average Bonchev–Trinajstić information content (AvgIpc) is 2.55. The minimum atomic E-state index is -4.92. The van der Waals surface area contributed by atoms with Gasteiger partial charge in [-0.1, -0.05) is 48.0 Å². The van der Waals surface area contributed by atoms with E-state index in [-0.39, 0.29) is 5.56 Å². The number of hydrogen-bond donors (Lipinski definition) is 0. The van der Waals surface area contributed by atoms with Gasteiger partial charge in [-0.15, -0.1) is 0 Å². The molecule has 0 saturated carbocycles. The highest BCUT2D eigenvalue weighted by Crippen LogP contribution is 2.43. The zero-order chi connectivity index (χ0) is 18.0. The number of anilines is 1. The summed E-state index contributed by atoms with van der Waals surface area (Å²) in [6.07, 6.45) is -4.92. The number of carbonyl (C=O) groups excluding carboxylic acids is 1. The van der Waals surface area contributed by atoms with Crippen LogP contribution >= 0.6 is 0 Å². The zero-order valence-corrected chi connectivity index (χ0v) is 13.6. The van der Waals surface area contributed by atoms with E-state index in [0.717, 1.165) is 17.6 Å². The number of amides is 1. The minimum Gasteiger partial charge on any atom is -0.356 e. The molecular weight excluding hydrogens is 319 g/mol. The Morgan fingerprint density at radius 2 is 1.54 bits per heavy atom. The molecule has 0 radical (unpaired) electrons. The fourth-order valence-corrected chi connectivity index (χ4v) is 2.52. The predicted molar refractivity (Wildman–Crippen MR) is 85.8 cm³/mol. The van der Waals surface area contributed by atoms with Crippen molar-refractivity contribution < 1.29 is 22.7 Å². The van der Waals surface area contributed by atoms with E-state index >= 15 is 0 Å². The number of likely N-dealkylation sites (N-methyl/N-ethyl adjacent to an activating group) is 1. The summed E-state index contributed by atoms with van der Waals surface area (Å²) in [5.74, 6) is -1.20. The molecule has 3 nitrogen and oxygen atoms in total. The van der Waals surface area contributed by atoms with E-state index in [1.54, 1.807) is 30.3 Å². The molecule has 0 fully saturated rings. The fourth-order valence-electron chi connectivity index (χ4n) is 2.52. The standard InChI is InChI=1S/C18H18F3NO2/c1-13-9-11-15(12-10-13)22(2)16(23)17(24-3,18(19,20)21)14-7-5-4-6-8-14/h4-12H,1-3H3. The van der Waals surface area contributed by atoms with Crippen LogP contribution in [0.2, 0.25) is 0 Å². The molecule has 0 N–H and O–H groups in total. The molecule has 2 aromatic carbocycles. The fraction of sp³-hybridized carbons (Fsp3) is 0.278. The van der Waals surface area contributed by atoms with Gasteiger partial charge in [-0.05, 0) is 19.1 Å². The van der Waals surface area contributed by atoms with Gasteiger partial charge in [0.25, 0.3) is 11.5 Å². The summed E-state index contributed by atoms with van der Waals surface area (Å²) in [4.78, 5) is 13.8. The highest BCUT2D eigenvalue weighted by molar-refractivity contribution is 6.00. The Labute approximate surface area is 138 Å². The van der Waals surface area contributed by atoms with E-state index in [2.05, 4.69) is 0 Å². The van der Waals surface area contributed by atoms with Gasteiger partial charge >= 0.3 is 6.18 Å². The number of methoxy groups -OCH3 is 1. The first-order chi connectivity index (χ1) is 11.2. The van der Waals surface area contributed by atoms with Crippen LogP contribution in [0.3, 0.4) is 0 Å². The number of nitrogens with zero attached hydrogens (tertiary/aromatic N) is 1. The Morgan fingerprint density at radius 3 is 2.00 bits per heavy atom. The van der Waals surface area contributed by atoms with E-state index in [4.69, 9.17) is 4.74 Å². The monoisotopic (exact) mass is 337 g/mol. The summed E-state index contributed by atoms with van der Waals surface area (Å²) in [5, 5.41) is 0. The minimum absolute atomic E-state index is 0.260. The number of aryl methyl sites for hydroxylation is 1. The van der Waals surface area contributed by atoms with Crippen molar-refractivity contribution in [1.29, 1.82) is 0 Å². The SMILES string of the molecule is COC(C(=O)N(C)c1ccc(C)cc1)(c1ccccc1)C(F)(F)F. The lowest BCUT2D eigenvalue weighted by atomic mass is 9.91. The summed E-state index contributed by atoms with van der Waals surface area (Å²) >= 11 is 0. The van der Waals surface area contributed by atoms with E-state index in [1.807, 2.05) is 6.92 Å². The number of rotatable bonds is 4. The zero-order valence-electron chi connectivity index (χ0n) is 13.6. The highest BCUT2D eigenvalue weighted by Gasteiger charge is 2.63. The third-order valence-electron chi connectivity index (χ3n) is 3.91. The van der Waals surface area contributed by atoms with Gasteiger partial charge in [0, 0.05) is 25.4 Å². The summed E-state index contributed by atoms with van der Waals surface area (Å²) in [7, 11) is 2.19. The molecule has 0 bridgehead atoms. The molecule has 0 heterocycles. The van der Waals surface area contributed by atoms with Crippen LogP contribution in [0.5, 0.6) is 0 Å². The summed E-state index contributed by atoms with van der Waals surface area (Å²) in [5.41, 5.74) is -2.03. The van der Waals surface area contributed by atoms with Crippen LogP contribution in [-0.4, -0.2) is 26.2 Å². The molecule has 1 amide bonds. The predicted octanol–water partition coefficient (Wildman–Crippen LogP) is 4.06. The maximum absolute atomic E-state index is 13.9. The van der Waals surface area contributed by atoms with Crippen molar-refractivity contribution in [2.75, 3.05) is 19.1 Å². The Balaban J connectivity index is 2.55. The van der Waals surface area contributed by atoms with Crippen molar-refractivity contribution in [3.63, 3.8) is 0 Å². The molecule has 6 heteroatoms. The molecule has 0 aliphatic heterocycles. The number of halogens is 3. The van der Waals surface area contributed by atoms with Crippen LogP contribution in [-0.2, 0) is 15.1 Å². The van der Waals surface area contributed by atoms with Crippen molar-refractivity contribution >= 4 is 11.6 Å². The molecule has 0 aromatic heterocycles. The first-order valence-corrected chi connectivity index (χ1v) is 7.26. The first kappa shape index (κ1) is 18.0. The van der Waals surface area contributed by atoms with Gasteiger partial charge in [0.15, 0.2) is 0 Å². The Morgan fingerprint density at radius 1 is 1.00 bits per heavy atom. The van der Waals surface area contributed by atoms with Crippen LogP contribution in [0.4, 0.5) is 18.9 Å². The molecule has 0 aliphatic carbocycles. The second-order valence-corrected chi connectivity index (χ2v) is 5.45. The van der Waals surface area contributed by atoms with Gasteiger partial charge in [-0.3, -0.25) is 4.79 Å². The van der Waals surface area contributed by atoms with E-state index < -0.39 is 17.7 Å². The molecule has 1 unspecified atom stereocenters. The van der Waals surface area contributed by atoms with Gasteiger partial charge in [0.05, 0.1) is 0 Å². The molecular formula is C18H18F3NO2. The average molecular weight is 337 g/mol. The number of hydrogen-bond acceptors (Lipinski definition) is 2. The van der Waals surface area contributed by atoms with Gasteiger partial charge in [0.1, 0.15) is 0 Å². The second kappa shape index (κ2) is 6.65. The maximum atomic E-state index is 13.9. The number of ether oxygens (including phenoxy) is 1. The Kier molecular flexibility index (Phi) is 4.99. The van der Waals surface area contributed by atoms with Crippen molar-refractivity contribution in [3.8, 4) is 0 Å². The molecule has 128 valence electrons. The quantitative estimate of drug-likeness (QED) is 0.842. The molecule has 0 spiro atoms. The number of benzene rings is 2. The van der Waals surface area contributed by atoms with E-state index in [1.165, 1.54) is 31.3 Å². The summed E-state index contributed by atoms with van der Waals surface area (Å²) in [6.45, 7) is 1.85. The smallest absolute Gasteiger partial charge is 0.356 e. The van der Waals surface area contributed by atoms with Gasteiger partial charge < -0.3 is 9.64 Å². The maximum Gasteiger partial charge on any atom is 0.430 e. The lowest BCUT2D eigenvalue weighted by Gasteiger charge is -2.36.